The number of aryl methyl sites for hydroxylation is 1. The number of hydrogen-bond acceptors (Lipinski definition) is 3. The number of hydrogen-bond donors (Lipinski definition) is 0. The molecule has 0 heterocycles. The Morgan fingerprint density at radius 1 is 0.583 bits per heavy atom. The molecule has 0 bridgehead atoms. The summed E-state index contributed by atoms with van der Waals surface area (Å²) in [6, 6.07) is 15.3. The maximum atomic E-state index is 11.0. The molecule has 276 valence electrons. The van der Waals surface area contributed by atoms with Crippen LogP contribution in [0.4, 0.5) is 0 Å². The molecule has 0 saturated heterocycles. The molecule has 0 aliphatic carbocycles. The Labute approximate surface area is 299 Å². The van der Waals surface area contributed by atoms with E-state index in [1.54, 1.807) is 17.7 Å². The fourth-order valence-electron chi connectivity index (χ4n) is 7.28. The number of rotatable bonds is 25. The highest BCUT2D eigenvalue weighted by atomic mass is 32.2. The third-order valence-corrected chi connectivity index (χ3v) is 11.5. The molecular weight excluding hydrogens is 609 g/mol. The van der Waals surface area contributed by atoms with E-state index in [-0.39, 0.29) is 4.90 Å². The van der Waals surface area contributed by atoms with Crippen LogP contribution >= 0.6 is 0 Å². The van der Waals surface area contributed by atoms with Crippen molar-refractivity contribution in [3.63, 3.8) is 0 Å². The summed E-state index contributed by atoms with van der Waals surface area (Å²) in [6.07, 6.45) is 25.7. The fourth-order valence-corrected chi connectivity index (χ4v) is 7.75. The van der Waals surface area contributed by atoms with Gasteiger partial charge in [-0.1, -0.05) is 194 Å². The second kappa shape index (κ2) is 26.2. The highest BCUT2D eigenvalue weighted by Gasteiger charge is 2.13. The van der Waals surface area contributed by atoms with Crippen molar-refractivity contribution in [3.8, 4) is 0 Å². The first-order chi connectivity index (χ1) is 22.9. The van der Waals surface area contributed by atoms with Crippen molar-refractivity contribution in [3.05, 3.63) is 65.2 Å². The lowest BCUT2D eigenvalue weighted by molar-refractivity contribution is 0.380. The van der Waals surface area contributed by atoms with Gasteiger partial charge in [0.1, 0.15) is 10.1 Å². The zero-order valence-corrected chi connectivity index (χ0v) is 33.4. The van der Waals surface area contributed by atoms with E-state index in [1.165, 1.54) is 133 Å². The topological polar surface area (TPSA) is 57.2 Å². The van der Waals surface area contributed by atoms with Crippen molar-refractivity contribution in [1.29, 1.82) is 0 Å². The molecule has 0 aliphatic heterocycles. The van der Waals surface area contributed by atoms with Crippen molar-refractivity contribution >= 4 is 10.1 Å². The van der Waals surface area contributed by atoms with Crippen LogP contribution in [-0.4, -0.2) is 13.0 Å². The Morgan fingerprint density at radius 3 is 1.75 bits per heavy atom. The van der Waals surface area contributed by atoms with E-state index in [2.05, 4.69) is 79.7 Å². The zero-order valence-electron chi connectivity index (χ0n) is 32.6. The Balaban J connectivity index is 0.000000507. The van der Waals surface area contributed by atoms with E-state index in [9.17, 15) is 13.0 Å². The zero-order chi connectivity index (χ0) is 35.8. The van der Waals surface area contributed by atoms with Gasteiger partial charge in [-0.15, -0.1) is 0 Å². The smallest absolute Gasteiger partial charge is 0.124 e. The summed E-state index contributed by atoms with van der Waals surface area (Å²) < 4.78 is 33.0. The van der Waals surface area contributed by atoms with E-state index in [4.69, 9.17) is 0 Å². The van der Waals surface area contributed by atoms with Gasteiger partial charge in [-0.3, -0.25) is 0 Å². The lowest BCUT2D eigenvalue weighted by atomic mass is 9.86. The molecule has 0 saturated carbocycles. The minimum atomic E-state index is -4.35. The van der Waals surface area contributed by atoms with Crippen molar-refractivity contribution in [1.82, 2.24) is 0 Å². The lowest BCUT2D eigenvalue weighted by Gasteiger charge is -2.19. The van der Waals surface area contributed by atoms with Gasteiger partial charge in [-0.05, 0) is 78.2 Å². The van der Waals surface area contributed by atoms with Crippen LogP contribution in [0, 0.1) is 24.7 Å². The van der Waals surface area contributed by atoms with Crippen molar-refractivity contribution in [2.45, 2.75) is 194 Å². The summed E-state index contributed by atoms with van der Waals surface area (Å²) in [7, 11) is -4.35. The van der Waals surface area contributed by atoms with E-state index in [0.29, 0.717) is 11.8 Å². The maximum absolute atomic E-state index is 11.0. The molecule has 0 N–H and O–H groups in total. The molecule has 2 aromatic carbocycles. The number of unbranched alkanes of at least 4 members (excludes halogenated alkanes) is 7. The molecule has 0 aliphatic rings. The Bertz CT molecular complexity index is 1160. The van der Waals surface area contributed by atoms with Crippen molar-refractivity contribution in [2.75, 3.05) is 0 Å². The van der Waals surface area contributed by atoms with Gasteiger partial charge in [0.2, 0.25) is 0 Å². The summed E-state index contributed by atoms with van der Waals surface area (Å²) in [5.41, 5.74) is 4.10. The van der Waals surface area contributed by atoms with Crippen LogP contribution < -0.4 is 0 Å². The monoisotopic (exact) mass is 684 g/mol. The molecule has 2 aromatic rings. The maximum Gasteiger partial charge on any atom is 0.124 e. The van der Waals surface area contributed by atoms with E-state index < -0.39 is 10.1 Å². The minimum absolute atomic E-state index is 0.142. The average Bonchev–Trinajstić information content (AvgIpc) is 3.06. The van der Waals surface area contributed by atoms with E-state index in [0.717, 1.165) is 29.7 Å². The standard InChI is InChI=1S/C24H42O3S.C20H34/c1-5-7-14-22(6-2)15-9-8-11-20(3)12-10-13-21(4)23-16-18-24(19-17-23)28(25,26)27;1-5-6-7-8-9-10-13-17(2)16-19(4)20-15-12-11-14-18(20)3/h16-22H,5-15H2,1-4H3,(H,25,26,27);11-12,14-15,17,19H,5-10,13,16H2,1-4H3/p-1. The number of benzene rings is 2. The molecule has 0 aromatic heterocycles. The van der Waals surface area contributed by atoms with E-state index >= 15 is 0 Å². The van der Waals surface area contributed by atoms with Gasteiger partial charge < -0.3 is 4.55 Å². The van der Waals surface area contributed by atoms with Crippen LogP contribution in [0.3, 0.4) is 0 Å². The second-order valence-corrected chi connectivity index (χ2v) is 16.7. The average molecular weight is 684 g/mol. The van der Waals surface area contributed by atoms with Crippen molar-refractivity contribution in [2.24, 2.45) is 17.8 Å². The first kappa shape index (κ1) is 44.4. The van der Waals surface area contributed by atoms with Gasteiger partial charge in [0.05, 0.1) is 4.90 Å². The van der Waals surface area contributed by atoms with Gasteiger partial charge in [0.25, 0.3) is 0 Å². The Hall–Kier alpha value is -1.65. The first-order valence-electron chi connectivity index (χ1n) is 20.0. The van der Waals surface area contributed by atoms with Crippen LogP contribution in [-0.2, 0) is 10.1 Å². The summed E-state index contributed by atoms with van der Waals surface area (Å²) in [6.45, 7) is 18.5. The summed E-state index contributed by atoms with van der Waals surface area (Å²) in [5.74, 6) is 3.65. The fraction of sp³-hybridized carbons (Fsp3) is 0.727. The van der Waals surface area contributed by atoms with Crippen LogP contribution in [0.25, 0.3) is 0 Å². The summed E-state index contributed by atoms with van der Waals surface area (Å²) in [5, 5.41) is 0. The van der Waals surface area contributed by atoms with Gasteiger partial charge in [0.15, 0.2) is 0 Å². The minimum Gasteiger partial charge on any atom is -0.744 e. The lowest BCUT2D eigenvalue weighted by Crippen LogP contribution is -2.03. The second-order valence-electron chi connectivity index (χ2n) is 15.3. The quantitative estimate of drug-likeness (QED) is 0.0773. The van der Waals surface area contributed by atoms with Crippen molar-refractivity contribution < 1.29 is 13.0 Å². The van der Waals surface area contributed by atoms with Crippen LogP contribution in [0.5, 0.6) is 0 Å². The van der Waals surface area contributed by atoms with Crippen LogP contribution in [0.15, 0.2) is 53.4 Å². The SMILES string of the molecule is CCCCC(CC)CCCCC(C)CCCC(C)c1ccc(S(=O)(=O)[O-])cc1.CCCCCCCCC(C)CC(C)c1ccccc1C. The molecule has 5 atom stereocenters. The molecule has 48 heavy (non-hydrogen) atoms. The molecule has 0 radical (unpaired) electrons. The van der Waals surface area contributed by atoms with Gasteiger partial charge in [-0.25, -0.2) is 8.42 Å². The third kappa shape index (κ3) is 20.1. The molecule has 2 rings (SSSR count). The van der Waals surface area contributed by atoms with Gasteiger partial charge >= 0.3 is 0 Å². The molecule has 3 nitrogen and oxygen atoms in total. The molecule has 0 fully saturated rings. The molecular formula is C44H75O3S-. The largest absolute Gasteiger partial charge is 0.744 e. The van der Waals surface area contributed by atoms with Crippen LogP contribution in [0.2, 0.25) is 0 Å². The van der Waals surface area contributed by atoms with E-state index in [1.807, 2.05) is 0 Å². The predicted octanol–water partition coefficient (Wildman–Crippen LogP) is 14.2. The van der Waals surface area contributed by atoms with Gasteiger partial charge in [0, 0.05) is 0 Å². The predicted molar refractivity (Wildman–Crippen MR) is 209 cm³/mol. The Morgan fingerprint density at radius 2 is 1.12 bits per heavy atom. The highest BCUT2D eigenvalue weighted by Crippen LogP contribution is 2.29. The summed E-state index contributed by atoms with van der Waals surface area (Å²) >= 11 is 0. The van der Waals surface area contributed by atoms with Crippen LogP contribution in [0.1, 0.15) is 199 Å². The third-order valence-electron chi connectivity index (χ3n) is 10.7. The summed E-state index contributed by atoms with van der Waals surface area (Å²) in [4.78, 5) is -0.142. The Kier molecular flexibility index (Phi) is 24.2. The normalized spacial score (nSPS) is 14.9. The molecule has 4 heteroatoms. The molecule has 0 spiro atoms. The molecule has 5 unspecified atom stereocenters. The highest BCUT2D eigenvalue weighted by molar-refractivity contribution is 7.85. The first-order valence-corrected chi connectivity index (χ1v) is 21.4. The van der Waals surface area contributed by atoms with Gasteiger partial charge in [-0.2, -0.15) is 0 Å². The molecule has 0 amide bonds.